The zero-order valence-electron chi connectivity index (χ0n) is 14.3. The Balaban J connectivity index is 1.59. The van der Waals surface area contributed by atoms with Crippen LogP contribution in [0.3, 0.4) is 0 Å². The van der Waals surface area contributed by atoms with E-state index in [9.17, 15) is 19.3 Å². The van der Waals surface area contributed by atoms with Crippen molar-refractivity contribution in [1.82, 2.24) is 14.9 Å². The number of para-hydroxylation sites is 2. The van der Waals surface area contributed by atoms with E-state index in [1.807, 2.05) is 28.8 Å². The van der Waals surface area contributed by atoms with Crippen molar-refractivity contribution in [3.63, 3.8) is 0 Å². The zero-order valence-corrected chi connectivity index (χ0v) is 14.3. The number of carbonyl (C=O) groups excluding carboxylic acids is 1. The fourth-order valence-corrected chi connectivity index (χ4v) is 3.26. The van der Waals surface area contributed by atoms with Crippen LogP contribution in [0.2, 0.25) is 0 Å². The highest BCUT2D eigenvalue weighted by atomic mass is 19.1. The molecule has 1 aliphatic carbocycles. The average Bonchev–Trinajstić information content (AvgIpc) is 3.38. The van der Waals surface area contributed by atoms with Gasteiger partial charge in [-0.1, -0.05) is 24.3 Å². The summed E-state index contributed by atoms with van der Waals surface area (Å²) >= 11 is 0. The molecule has 3 aromatic rings. The summed E-state index contributed by atoms with van der Waals surface area (Å²) in [6.07, 6.45) is 1.94. The molecule has 3 atom stereocenters. The number of halogens is 1. The molecule has 1 aliphatic rings. The van der Waals surface area contributed by atoms with E-state index in [2.05, 4.69) is 10.3 Å². The first kappa shape index (κ1) is 17.1. The largest absolute Gasteiger partial charge is 0.347 e. The fourth-order valence-electron chi connectivity index (χ4n) is 3.26. The van der Waals surface area contributed by atoms with Crippen molar-refractivity contribution in [2.75, 3.05) is 0 Å². The van der Waals surface area contributed by atoms with E-state index in [1.165, 1.54) is 12.1 Å². The maximum absolute atomic E-state index is 13.3. The Morgan fingerprint density at radius 2 is 2.04 bits per heavy atom. The SMILES string of the molecule is O=C(N[C@H](Cn1cnc2ccccc21)c1ccc(F)cc1)[C@H]1C[C@@H]1[N+](=O)[O-]. The maximum atomic E-state index is 13.3. The van der Waals surface area contributed by atoms with Gasteiger partial charge in [-0.3, -0.25) is 14.9 Å². The van der Waals surface area contributed by atoms with Crippen LogP contribution in [-0.2, 0) is 11.3 Å². The van der Waals surface area contributed by atoms with Crippen LogP contribution >= 0.6 is 0 Å². The number of hydrogen-bond acceptors (Lipinski definition) is 4. The van der Waals surface area contributed by atoms with Gasteiger partial charge in [0.05, 0.1) is 23.4 Å². The number of nitrogens with one attached hydrogen (secondary N) is 1. The van der Waals surface area contributed by atoms with Gasteiger partial charge in [-0.15, -0.1) is 0 Å². The first-order valence-corrected chi connectivity index (χ1v) is 8.62. The molecule has 7 nitrogen and oxygen atoms in total. The first-order chi connectivity index (χ1) is 13.0. The number of aromatic nitrogens is 2. The standard InChI is InChI=1S/C19H17FN4O3/c20-13-7-5-12(6-8-13)16(22-19(25)14-9-18(14)24(26)27)10-23-11-21-15-3-1-2-4-17(15)23/h1-8,11,14,16,18H,9-10H2,(H,22,25)/t14-,16+,18-/m0/s1. The van der Waals surface area contributed by atoms with Gasteiger partial charge in [0.1, 0.15) is 11.7 Å². The molecule has 1 saturated carbocycles. The van der Waals surface area contributed by atoms with Gasteiger partial charge in [0.2, 0.25) is 11.9 Å². The average molecular weight is 368 g/mol. The Morgan fingerprint density at radius 3 is 2.74 bits per heavy atom. The summed E-state index contributed by atoms with van der Waals surface area (Å²) in [6.45, 7) is 0.383. The number of rotatable bonds is 6. The van der Waals surface area contributed by atoms with E-state index in [4.69, 9.17) is 0 Å². The van der Waals surface area contributed by atoms with Crippen LogP contribution in [0.15, 0.2) is 54.9 Å². The normalized spacial score (nSPS) is 19.6. The molecule has 0 saturated heterocycles. The molecule has 4 rings (SSSR count). The minimum atomic E-state index is -0.812. The second-order valence-corrected chi connectivity index (χ2v) is 6.69. The van der Waals surface area contributed by atoms with Gasteiger partial charge in [-0.05, 0) is 29.8 Å². The molecule has 1 heterocycles. The number of hydrogen-bond donors (Lipinski definition) is 1. The van der Waals surface area contributed by atoms with Crippen molar-refractivity contribution in [3.8, 4) is 0 Å². The quantitative estimate of drug-likeness (QED) is 0.535. The zero-order chi connectivity index (χ0) is 19.0. The van der Waals surface area contributed by atoms with Crippen LogP contribution in [-0.4, -0.2) is 26.4 Å². The van der Waals surface area contributed by atoms with Crippen LogP contribution in [0, 0.1) is 21.8 Å². The lowest BCUT2D eigenvalue weighted by atomic mass is 10.1. The third kappa shape index (κ3) is 3.51. The van der Waals surface area contributed by atoms with Gasteiger partial charge >= 0.3 is 0 Å². The Kier molecular flexibility index (Phi) is 4.31. The van der Waals surface area contributed by atoms with Crippen LogP contribution in [0.5, 0.6) is 0 Å². The van der Waals surface area contributed by atoms with Gasteiger partial charge in [-0.2, -0.15) is 0 Å². The van der Waals surface area contributed by atoms with Gasteiger partial charge in [0.25, 0.3) is 0 Å². The second-order valence-electron chi connectivity index (χ2n) is 6.69. The van der Waals surface area contributed by atoms with E-state index in [-0.39, 0.29) is 18.1 Å². The van der Waals surface area contributed by atoms with Gasteiger partial charge in [0.15, 0.2) is 0 Å². The maximum Gasteiger partial charge on any atom is 0.230 e. The number of imidazole rings is 1. The molecule has 0 aliphatic heterocycles. The Hall–Kier alpha value is -3.29. The highest BCUT2D eigenvalue weighted by Gasteiger charge is 2.53. The minimum absolute atomic E-state index is 0.253. The summed E-state index contributed by atoms with van der Waals surface area (Å²) in [6, 6.07) is 12.2. The molecular formula is C19H17FN4O3. The lowest BCUT2D eigenvalue weighted by Gasteiger charge is -2.20. The van der Waals surface area contributed by atoms with Crippen LogP contribution < -0.4 is 5.32 Å². The second kappa shape index (κ2) is 6.79. The van der Waals surface area contributed by atoms with Gasteiger partial charge < -0.3 is 9.88 Å². The highest BCUT2D eigenvalue weighted by molar-refractivity contribution is 5.82. The van der Waals surface area contributed by atoms with E-state index in [0.717, 1.165) is 16.6 Å². The molecule has 138 valence electrons. The van der Waals surface area contributed by atoms with Crippen LogP contribution in [0.4, 0.5) is 4.39 Å². The lowest BCUT2D eigenvalue weighted by molar-refractivity contribution is -0.497. The number of fused-ring (bicyclic) bond motifs is 1. The van der Waals surface area contributed by atoms with Crippen molar-refractivity contribution in [2.45, 2.75) is 25.0 Å². The summed E-state index contributed by atoms with van der Waals surface area (Å²) in [5, 5.41) is 13.7. The van der Waals surface area contributed by atoms with Gasteiger partial charge in [-0.25, -0.2) is 9.37 Å². The van der Waals surface area contributed by atoms with Gasteiger partial charge in [0, 0.05) is 17.9 Å². The number of benzene rings is 2. The van der Waals surface area contributed by atoms with E-state index in [0.29, 0.717) is 6.54 Å². The van der Waals surface area contributed by atoms with Crippen molar-refractivity contribution in [3.05, 3.63) is 76.4 Å². The molecule has 0 radical (unpaired) electrons. The first-order valence-electron chi connectivity index (χ1n) is 8.62. The van der Waals surface area contributed by atoms with Crippen LogP contribution in [0.1, 0.15) is 18.0 Å². The smallest absolute Gasteiger partial charge is 0.230 e. The third-order valence-corrected chi connectivity index (χ3v) is 4.86. The molecule has 8 heteroatoms. The number of carbonyl (C=O) groups is 1. The summed E-state index contributed by atoms with van der Waals surface area (Å²) in [4.78, 5) is 27.2. The van der Waals surface area contributed by atoms with Crippen molar-refractivity contribution in [2.24, 2.45) is 5.92 Å². The Morgan fingerprint density at radius 1 is 1.30 bits per heavy atom. The predicted molar refractivity (Wildman–Crippen MR) is 95.9 cm³/mol. The molecule has 0 spiro atoms. The fraction of sp³-hybridized carbons (Fsp3) is 0.263. The molecule has 1 N–H and O–H groups in total. The molecule has 27 heavy (non-hydrogen) atoms. The molecule has 1 aromatic heterocycles. The molecule has 2 aromatic carbocycles. The molecular weight excluding hydrogens is 351 g/mol. The summed E-state index contributed by atoms with van der Waals surface area (Å²) < 4.78 is 15.2. The monoisotopic (exact) mass is 368 g/mol. The van der Waals surface area contributed by atoms with Crippen molar-refractivity contribution < 1.29 is 14.1 Å². The molecule has 1 fully saturated rings. The number of nitrogens with zero attached hydrogens (tertiary/aromatic N) is 3. The van der Waals surface area contributed by atoms with Crippen molar-refractivity contribution >= 4 is 16.9 Å². The summed E-state index contributed by atoms with van der Waals surface area (Å²) in [7, 11) is 0. The number of nitro groups is 1. The predicted octanol–water partition coefficient (Wildman–Crippen LogP) is 2.70. The Bertz CT molecular complexity index is 1000. The highest BCUT2D eigenvalue weighted by Crippen LogP contribution is 2.34. The summed E-state index contributed by atoms with van der Waals surface area (Å²) in [5.74, 6) is -1.33. The van der Waals surface area contributed by atoms with E-state index < -0.39 is 22.9 Å². The lowest BCUT2D eigenvalue weighted by Crippen LogP contribution is -2.33. The molecule has 1 amide bonds. The third-order valence-electron chi connectivity index (χ3n) is 4.86. The minimum Gasteiger partial charge on any atom is -0.347 e. The topological polar surface area (TPSA) is 90.1 Å². The van der Waals surface area contributed by atoms with Crippen molar-refractivity contribution in [1.29, 1.82) is 0 Å². The molecule has 0 bridgehead atoms. The van der Waals surface area contributed by atoms with E-state index in [1.54, 1.807) is 18.5 Å². The van der Waals surface area contributed by atoms with Crippen LogP contribution in [0.25, 0.3) is 11.0 Å². The summed E-state index contributed by atoms with van der Waals surface area (Å²) in [5.41, 5.74) is 2.46. The van der Waals surface area contributed by atoms with E-state index >= 15 is 0 Å². The number of amides is 1. The molecule has 0 unspecified atom stereocenters. The Labute approximate surface area is 154 Å².